The molecule has 1 aromatic rings. The molecule has 0 radical (unpaired) electrons. The summed E-state index contributed by atoms with van der Waals surface area (Å²) >= 11 is 0. The summed E-state index contributed by atoms with van der Waals surface area (Å²) in [6, 6.07) is 2.15. The number of pyridine rings is 1. The first kappa shape index (κ1) is 17.7. The van der Waals surface area contributed by atoms with Crippen LogP contribution in [0.2, 0.25) is 0 Å². The first-order valence-corrected chi connectivity index (χ1v) is 8.31. The van der Waals surface area contributed by atoms with Gasteiger partial charge in [0.15, 0.2) is 0 Å². The Hall–Kier alpha value is -2.11. The average molecular weight is 343 g/mol. The molecule has 25 heavy (non-hydrogen) atoms. The van der Waals surface area contributed by atoms with Crippen molar-refractivity contribution in [3.05, 3.63) is 17.5 Å². The highest BCUT2D eigenvalue weighted by molar-refractivity contribution is 6.62. The number of aromatic nitrogens is 1. The number of carbonyl (C=O) groups is 1. The zero-order chi connectivity index (χ0) is 18.6. The summed E-state index contributed by atoms with van der Waals surface area (Å²) in [7, 11) is -0.605. The summed E-state index contributed by atoms with van der Waals surface area (Å²) in [4.78, 5) is 17.3. The van der Waals surface area contributed by atoms with Crippen molar-refractivity contribution in [1.82, 2.24) is 4.98 Å². The van der Waals surface area contributed by atoms with Gasteiger partial charge in [0.05, 0.1) is 34.6 Å². The number of anilines is 1. The molecule has 0 spiro atoms. The number of hydrogen-bond acceptors (Lipinski definition) is 5. The van der Waals surface area contributed by atoms with Crippen molar-refractivity contribution in [1.29, 1.82) is 5.26 Å². The number of fused-ring (bicyclic) bond motifs is 1. The topological polar surface area (TPSA) is 95.7 Å². The first-order valence-electron chi connectivity index (χ1n) is 8.31. The minimum Gasteiger partial charge on any atom is -0.465 e. The van der Waals surface area contributed by atoms with E-state index in [1.807, 2.05) is 34.6 Å². The standard InChI is InChI=1S/C17H22BN3O4/c1-10-12(18-24-16(2,3)17(4,5)25-18)8-20-13-6-11(7-19)9-21(14(10)13)15(22)23/h8,11H,6,9H2,1-5H3,(H,22,23). The Labute approximate surface area is 147 Å². The van der Waals surface area contributed by atoms with E-state index in [1.54, 1.807) is 6.20 Å². The Morgan fingerprint density at radius 1 is 1.40 bits per heavy atom. The lowest BCUT2D eigenvalue weighted by atomic mass is 9.76. The van der Waals surface area contributed by atoms with Gasteiger partial charge >= 0.3 is 13.2 Å². The van der Waals surface area contributed by atoms with Crippen LogP contribution in [0, 0.1) is 24.2 Å². The molecule has 0 aromatic carbocycles. The molecule has 3 heterocycles. The third-order valence-corrected chi connectivity index (χ3v) is 5.45. The van der Waals surface area contributed by atoms with Gasteiger partial charge in [-0.3, -0.25) is 9.88 Å². The van der Waals surface area contributed by atoms with Crippen molar-refractivity contribution in [3.63, 3.8) is 0 Å². The predicted molar refractivity (Wildman–Crippen MR) is 92.9 cm³/mol. The largest absolute Gasteiger partial charge is 0.496 e. The van der Waals surface area contributed by atoms with E-state index in [-0.39, 0.29) is 6.54 Å². The van der Waals surface area contributed by atoms with Crippen LogP contribution in [-0.2, 0) is 15.7 Å². The highest BCUT2D eigenvalue weighted by atomic mass is 16.7. The van der Waals surface area contributed by atoms with E-state index in [1.165, 1.54) is 4.90 Å². The van der Waals surface area contributed by atoms with E-state index in [2.05, 4.69) is 11.1 Å². The van der Waals surface area contributed by atoms with Gasteiger partial charge < -0.3 is 14.4 Å². The van der Waals surface area contributed by atoms with Crippen LogP contribution in [0.25, 0.3) is 0 Å². The number of hydrogen-bond donors (Lipinski definition) is 1. The number of amides is 1. The van der Waals surface area contributed by atoms with Gasteiger partial charge in [0, 0.05) is 24.6 Å². The van der Waals surface area contributed by atoms with Crippen LogP contribution in [0.15, 0.2) is 6.20 Å². The second-order valence-corrected chi connectivity index (χ2v) is 7.65. The molecule has 2 aliphatic heterocycles. The Morgan fingerprint density at radius 2 is 2.00 bits per heavy atom. The van der Waals surface area contributed by atoms with Gasteiger partial charge in [-0.1, -0.05) is 0 Å². The molecule has 1 aromatic heterocycles. The van der Waals surface area contributed by atoms with E-state index >= 15 is 0 Å². The summed E-state index contributed by atoms with van der Waals surface area (Å²) in [5.74, 6) is -0.391. The summed E-state index contributed by atoms with van der Waals surface area (Å²) in [5, 5.41) is 18.8. The monoisotopic (exact) mass is 343 g/mol. The van der Waals surface area contributed by atoms with Gasteiger partial charge in [-0.25, -0.2) is 4.79 Å². The number of nitriles is 1. The van der Waals surface area contributed by atoms with Crippen molar-refractivity contribution < 1.29 is 19.2 Å². The number of carboxylic acid groups (broad SMARTS) is 1. The van der Waals surface area contributed by atoms with Crippen LogP contribution in [0.1, 0.15) is 39.0 Å². The third kappa shape index (κ3) is 2.77. The van der Waals surface area contributed by atoms with Gasteiger partial charge in [0.1, 0.15) is 0 Å². The molecule has 3 rings (SSSR count). The predicted octanol–water partition coefficient (Wildman–Crippen LogP) is 1.87. The molecule has 0 aliphatic carbocycles. The quantitative estimate of drug-likeness (QED) is 0.782. The highest BCUT2D eigenvalue weighted by Crippen LogP contribution is 2.38. The lowest BCUT2D eigenvalue weighted by Gasteiger charge is -2.32. The molecular weight excluding hydrogens is 321 g/mol. The Morgan fingerprint density at radius 3 is 2.52 bits per heavy atom. The van der Waals surface area contributed by atoms with E-state index in [9.17, 15) is 15.2 Å². The Balaban J connectivity index is 2.05. The fraction of sp³-hybridized carbons (Fsp3) is 0.588. The molecule has 1 saturated heterocycles. The van der Waals surface area contributed by atoms with E-state index in [0.29, 0.717) is 17.8 Å². The van der Waals surface area contributed by atoms with Crippen LogP contribution in [0.3, 0.4) is 0 Å². The van der Waals surface area contributed by atoms with Crippen LogP contribution < -0.4 is 10.4 Å². The first-order chi connectivity index (χ1) is 11.6. The van der Waals surface area contributed by atoms with Crippen LogP contribution >= 0.6 is 0 Å². The van der Waals surface area contributed by atoms with Crippen LogP contribution in [-0.4, -0.2) is 41.0 Å². The molecule has 1 fully saturated rings. The van der Waals surface area contributed by atoms with E-state index in [0.717, 1.165) is 11.0 Å². The lowest BCUT2D eigenvalue weighted by Crippen LogP contribution is -2.43. The molecule has 1 amide bonds. The van der Waals surface area contributed by atoms with Gasteiger partial charge in [-0.15, -0.1) is 0 Å². The van der Waals surface area contributed by atoms with E-state index in [4.69, 9.17) is 9.31 Å². The number of rotatable bonds is 1. The normalized spacial score (nSPS) is 23.9. The smallest absolute Gasteiger partial charge is 0.465 e. The molecule has 8 heteroatoms. The molecule has 0 bridgehead atoms. The maximum absolute atomic E-state index is 11.7. The van der Waals surface area contributed by atoms with Gasteiger partial charge in [-0.05, 0) is 40.2 Å². The van der Waals surface area contributed by atoms with Gasteiger partial charge in [0.25, 0.3) is 0 Å². The second-order valence-electron chi connectivity index (χ2n) is 7.65. The lowest BCUT2D eigenvalue weighted by molar-refractivity contribution is 0.00578. The molecular formula is C17H22BN3O4. The average Bonchev–Trinajstić information content (AvgIpc) is 2.74. The Bertz CT molecular complexity index is 756. The molecule has 1 N–H and O–H groups in total. The summed E-state index contributed by atoms with van der Waals surface area (Å²) in [6.07, 6.45) is 1.04. The summed E-state index contributed by atoms with van der Waals surface area (Å²) in [6.45, 7) is 9.87. The highest BCUT2D eigenvalue weighted by Gasteiger charge is 2.52. The molecule has 1 atom stereocenters. The minimum absolute atomic E-state index is 0.147. The minimum atomic E-state index is -1.09. The maximum atomic E-state index is 11.7. The molecule has 1 unspecified atom stereocenters. The van der Waals surface area contributed by atoms with Crippen LogP contribution in [0.4, 0.5) is 10.5 Å². The second kappa shape index (κ2) is 5.72. The maximum Gasteiger partial charge on any atom is 0.496 e. The molecule has 132 valence electrons. The van der Waals surface area contributed by atoms with Crippen molar-refractivity contribution >= 4 is 24.4 Å². The molecule has 2 aliphatic rings. The van der Waals surface area contributed by atoms with E-state index < -0.39 is 30.3 Å². The zero-order valence-electron chi connectivity index (χ0n) is 15.2. The fourth-order valence-corrected chi connectivity index (χ4v) is 3.24. The Kier molecular flexibility index (Phi) is 4.05. The third-order valence-electron chi connectivity index (χ3n) is 5.45. The SMILES string of the molecule is Cc1c(B2OC(C)(C)C(C)(C)O2)cnc2c1N(C(=O)O)CC(C#N)C2. The van der Waals surface area contributed by atoms with Crippen molar-refractivity contribution in [2.24, 2.45) is 5.92 Å². The van der Waals surface area contributed by atoms with Gasteiger partial charge in [-0.2, -0.15) is 5.26 Å². The van der Waals surface area contributed by atoms with Gasteiger partial charge in [0.2, 0.25) is 0 Å². The van der Waals surface area contributed by atoms with Crippen molar-refractivity contribution in [2.45, 2.75) is 52.2 Å². The van der Waals surface area contributed by atoms with Crippen molar-refractivity contribution in [2.75, 3.05) is 11.4 Å². The summed E-state index contributed by atoms with van der Waals surface area (Å²) < 4.78 is 12.2. The number of nitrogens with zero attached hydrogens (tertiary/aromatic N) is 3. The fourth-order valence-electron chi connectivity index (χ4n) is 3.24. The molecule has 0 saturated carbocycles. The van der Waals surface area contributed by atoms with Crippen molar-refractivity contribution in [3.8, 4) is 6.07 Å². The zero-order valence-corrected chi connectivity index (χ0v) is 15.2. The molecule has 7 nitrogen and oxygen atoms in total. The summed E-state index contributed by atoms with van der Waals surface area (Å²) in [5.41, 5.74) is 1.68. The van der Waals surface area contributed by atoms with Crippen LogP contribution in [0.5, 0.6) is 0 Å².